The van der Waals surface area contributed by atoms with Crippen molar-refractivity contribution in [2.45, 2.75) is 13.1 Å². The summed E-state index contributed by atoms with van der Waals surface area (Å²) >= 11 is 0. The summed E-state index contributed by atoms with van der Waals surface area (Å²) in [6, 6.07) is 17.2. The van der Waals surface area contributed by atoms with Crippen molar-refractivity contribution in [3.63, 3.8) is 0 Å². The summed E-state index contributed by atoms with van der Waals surface area (Å²) in [5.41, 5.74) is 4.94. The molecule has 1 N–H and O–H groups in total. The van der Waals surface area contributed by atoms with Gasteiger partial charge < -0.3 is 5.32 Å². The van der Waals surface area contributed by atoms with Crippen molar-refractivity contribution in [3.8, 4) is 5.69 Å². The van der Waals surface area contributed by atoms with Gasteiger partial charge in [-0.15, -0.1) is 0 Å². The largest absolute Gasteiger partial charge is 0.309 e. The van der Waals surface area contributed by atoms with E-state index in [2.05, 4.69) is 10.3 Å². The van der Waals surface area contributed by atoms with E-state index in [4.69, 9.17) is 0 Å². The second-order valence-electron chi connectivity index (χ2n) is 6.50. The van der Waals surface area contributed by atoms with Crippen LogP contribution in [0.4, 0.5) is 8.78 Å². The highest BCUT2D eigenvalue weighted by atomic mass is 19.2. The lowest BCUT2D eigenvalue weighted by Gasteiger charge is -2.09. The smallest absolute Gasteiger partial charge is 0.159 e. The Kier molecular flexibility index (Phi) is 4.95. The van der Waals surface area contributed by atoms with E-state index in [0.717, 1.165) is 34.6 Å². The Balaban J connectivity index is 1.50. The van der Waals surface area contributed by atoms with E-state index in [1.807, 2.05) is 34.9 Å². The van der Waals surface area contributed by atoms with Gasteiger partial charge in [0.25, 0.3) is 0 Å². The zero-order valence-electron chi connectivity index (χ0n) is 14.9. The van der Waals surface area contributed by atoms with Gasteiger partial charge >= 0.3 is 0 Å². The van der Waals surface area contributed by atoms with E-state index < -0.39 is 11.6 Å². The second-order valence-corrected chi connectivity index (χ2v) is 6.50. The second kappa shape index (κ2) is 7.70. The molecule has 0 unspecified atom stereocenters. The van der Waals surface area contributed by atoms with Gasteiger partial charge in [0.05, 0.1) is 11.0 Å². The highest BCUT2D eigenvalue weighted by Gasteiger charge is 2.07. The molecule has 0 saturated carbocycles. The van der Waals surface area contributed by atoms with Crippen LogP contribution in [0.25, 0.3) is 16.7 Å². The number of aldehydes is 1. The molecule has 4 rings (SSSR count). The molecule has 4 aromatic rings. The standard InChI is InChI=1S/C22H17F2N3O/c23-19-6-4-16(9-20(19)24)12-25-11-15-2-1-3-18(8-15)27-14-26-21-10-17(13-28)5-7-22(21)27/h1-10,13-14,25H,11-12H2. The van der Waals surface area contributed by atoms with Crippen LogP contribution in [0.15, 0.2) is 67.0 Å². The van der Waals surface area contributed by atoms with Crippen LogP contribution in [0.2, 0.25) is 0 Å². The normalized spacial score (nSPS) is 11.1. The molecular weight excluding hydrogens is 360 g/mol. The molecule has 0 radical (unpaired) electrons. The van der Waals surface area contributed by atoms with Gasteiger partial charge in [0, 0.05) is 24.3 Å². The molecule has 0 spiro atoms. The average Bonchev–Trinajstić information content (AvgIpc) is 3.14. The SMILES string of the molecule is O=Cc1ccc2c(c1)ncn2-c1cccc(CNCc2ccc(F)c(F)c2)c1. The van der Waals surface area contributed by atoms with Gasteiger partial charge in [0.1, 0.15) is 12.6 Å². The number of rotatable bonds is 6. The summed E-state index contributed by atoms with van der Waals surface area (Å²) in [6.45, 7) is 1.01. The molecule has 0 bridgehead atoms. The number of imidazole rings is 1. The number of benzene rings is 3. The number of fused-ring (bicyclic) bond motifs is 1. The number of hydrogen-bond donors (Lipinski definition) is 1. The summed E-state index contributed by atoms with van der Waals surface area (Å²) in [7, 11) is 0. The van der Waals surface area contributed by atoms with E-state index in [-0.39, 0.29) is 0 Å². The fourth-order valence-electron chi connectivity index (χ4n) is 3.13. The molecule has 1 aromatic heterocycles. The van der Waals surface area contributed by atoms with Crippen LogP contribution in [0.3, 0.4) is 0 Å². The minimum absolute atomic E-state index is 0.434. The molecule has 1 heterocycles. The third-order valence-electron chi connectivity index (χ3n) is 4.54. The summed E-state index contributed by atoms with van der Waals surface area (Å²) in [6.07, 6.45) is 2.53. The highest BCUT2D eigenvalue weighted by Crippen LogP contribution is 2.20. The van der Waals surface area contributed by atoms with Crippen LogP contribution in [0, 0.1) is 11.6 Å². The zero-order chi connectivity index (χ0) is 19.5. The van der Waals surface area contributed by atoms with Gasteiger partial charge in [-0.25, -0.2) is 13.8 Å². The number of halogens is 2. The first-order chi connectivity index (χ1) is 13.6. The summed E-state index contributed by atoms with van der Waals surface area (Å²) in [5, 5.41) is 3.24. The summed E-state index contributed by atoms with van der Waals surface area (Å²) in [4.78, 5) is 15.3. The zero-order valence-corrected chi connectivity index (χ0v) is 14.9. The third kappa shape index (κ3) is 3.68. The molecule has 140 valence electrons. The van der Waals surface area contributed by atoms with E-state index in [1.54, 1.807) is 24.5 Å². The van der Waals surface area contributed by atoms with Crippen molar-refractivity contribution in [1.29, 1.82) is 0 Å². The Bertz CT molecular complexity index is 1150. The predicted octanol–water partition coefficient (Wildman–Crippen LogP) is 4.41. The monoisotopic (exact) mass is 377 g/mol. The molecule has 0 aliphatic heterocycles. The first-order valence-electron chi connectivity index (χ1n) is 8.80. The minimum Gasteiger partial charge on any atom is -0.309 e. The van der Waals surface area contributed by atoms with Crippen molar-refractivity contribution in [2.75, 3.05) is 0 Å². The van der Waals surface area contributed by atoms with Gasteiger partial charge in [-0.2, -0.15) is 0 Å². The Hall–Kier alpha value is -3.38. The van der Waals surface area contributed by atoms with Crippen molar-refractivity contribution < 1.29 is 13.6 Å². The highest BCUT2D eigenvalue weighted by molar-refractivity contribution is 5.85. The van der Waals surface area contributed by atoms with Gasteiger partial charge in [0.15, 0.2) is 11.6 Å². The lowest BCUT2D eigenvalue weighted by atomic mass is 10.1. The van der Waals surface area contributed by atoms with Crippen LogP contribution in [-0.4, -0.2) is 15.8 Å². The number of hydrogen-bond acceptors (Lipinski definition) is 3. The molecule has 0 amide bonds. The van der Waals surface area contributed by atoms with E-state index in [9.17, 15) is 13.6 Å². The first kappa shape index (κ1) is 18.0. The molecular formula is C22H17F2N3O. The first-order valence-corrected chi connectivity index (χ1v) is 8.80. The number of aromatic nitrogens is 2. The predicted molar refractivity (Wildman–Crippen MR) is 103 cm³/mol. The molecule has 0 aliphatic rings. The van der Waals surface area contributed by atoms with Crippen molar-refractivity contribution in [2.24, 2.45) is 0 Å². The van der Waals surface area contributed by atoms with Gasteiger partial charge in [-0.05, 0) is 53.6 Å². The van der Waals surface area contributed by atoms with Crippen molar-refractivity contribution in [3.05, 3.63) is 95.3 Å². The Morgan fingerprint density at radius 1 is 0.929 bits per heavy atom. The molecule has 4 nitrogen and oxygen atoms in total. The summed E-state index contributed by atoms with van der Waals surface area (Å²) in [5.74, 6) is -1.68. The van der Waals surface area contributed by atoms with Crippen LogP contribution in [-0.2, 0) is 13.1 Å². The quantitative estimate of drug-likeness (QED) is 0.507. The maximum absolute atomic E-state index is 13.3. The Labute approximate surface area is 160 Å². The molecule has 6 heteroatoms. The Morgan fingerprint density at radius 3 is 2.54 bits per heavy atom. The third-order valence-corrected chi connectivity index (χ3v) is 4.54. The van der Waals surface area contributed by atoms with E-state index in [1.165, 1.54) is 6.07 Å². The topological polar surface area (TPSA) is 46.9 Å². The molecule has 0 saturated heterocycles. The van der Waals surface area contributed by atoms with Crippen LogP contribution in [0.1, 0.15) is 21.5 Å². The number of carbonyl (C=O) groups is 1. The lowest BCUT2D eigenvalue weighted by molar-refractivity contribution is 0.112. The fraction of sp³-hybridized carbons (Fsp3) is 0.0909. The number of nitrogens with zero attached hydrogens (tertiary/aromatic N) is 2. The van der Waals surface area contributed by atoms with E-state index in [0.29, 0.717) is 24.2 Å². The Morgan fingerprint density at radius 2 is 1.75 bits per heavy atom. The molecule has 0 aliphatic carbocycles. The van der Waals surface area contributed by atoms with Crippen molar-refractivity contribution >= 4 is 17.3 Å². The van der Waals surface area contributed by atoms with Gasteiger partial charge in [-0.3, -0.25) is 9.36 Å². The van der Waals surface area contributed by atoms with Crippen molar-refractivity contribution in [1.82, 2.24) is 14.9 Å². The number of nitrogens with one attached hydrogen (secondary N) is 1. The van der Waals surface area contributed by atoms with Gasteiger partial charge in [-0.1, -0.05) is 18.2 Å². The maximum Gasteiger partial charge on any atom is 0.159 e. The summed E-state index contributed by atoms with van der Waals surface area (Å²) < 4.78 is 28.2. The van der Waals surface area contributed by atoms with Crippen LogP contribution in [0.5, 0.6) is 0 Å². The van der Waals surface area contributed by atoms with E-state index >= 15 is 0 Å². The lowest BCUT2D eigenvalue weighted by Crippen LogP contribution is -2.13. The van der Waals surface area contributed by atoms with Crippen LogP contribution < -0.4 is 5.32 Å². The minimum atomic E-state index is -0.843. The number of carbonyl (C=O) groups excluding carboxylic acids is 1. The average molecular weight is 377 g/mol. The maximum atomic E-state index is 13.3. The molecule has 0 fully saturated rings. The molecule has 0 atom stereocenters. The fourth-order valence-corrected chi connectivity index (χ4v) is 3.13. The molecule has 28 heavy (non-hydrogen) atoms. The molecule has 3 aromatic carbocycles. The van der Waals surface area contributed by atoms with Crippen LogP contribution >= 0.6 is 0 Å². The van der Waals surface area contributed by atoms with Gasteiger partial charge in [0.2, 0.25) is 0 Å².